The Morgan fingerprint density at radius 1 is 1.18 bits per heavy atom. The van der Waals surface area contributed by atoms with Crippen molar-refractivity contribution in [1.82, 2.24) is 4.90 Å². The van der Waals surface area contributed by atoms with Crippen LogP contribution in [0.15, 0.2) is 17.8 Å². The van der Waals surface area contributed by atoms with E-state index in [4.69, 9.17) is 14.2 Å². The molecule has 0 saturated carbocycles. The molecule has 4 rings (SSSR count). The number of hydrogen-bond acceptors (Lipinski definition) is 5. The molecule has 0 spiro atoms. The van der Waals surface area contributed by atoms with Gasteiger partial charge in [-0.3, -0.25) is 4.79 Å². The SMILES string of the molecule is COC(=O)C1=C2CCC(=O)N2CCc2cc3c(cc21)OCO3. The fourth-order valence-corrected chi connectivity index (χ4v) is 3.31. The summed E-state index contributed by atoms with van der Waals surface area (Å²) in [5.41, 5.74) is 2.98. The van der Waals surface area contributed by atoms with Gasteiger partial charge in [-0.1, -0.05) is 0 Å². The summed E-state index contributed by atoms with van der Waals surface area (Å²) in [6.07, 6.45) is 1.68. The first-order valence-electron chi connectivity index (χ1n) is 7.24. The quantitative estimate of drug-likeness (QED) is 0.735. The molecule has 22 heavy (non-hydrogen) atoms. The second-order valence-electron chi connectivity index (χ2n) is 5.47. The third-order valence-corrected chi connectivity index (χ3v) is 4.35. The normalized spacial score (nSPS) is 19.0. The number of hydrogen-bond donors (Lipinski definition) is 0. The molecule has 0 bridgehead atoms. The number of fused-ring (bicyclic) bond motifs is 3. The largest absolute Gasteiger partial charge is 0.465 e. The van der Waals surface area contributed by atoms with Gasteiger partial charge in [-0.15, -0.1) is 0 Å². The molecule has 6 nitrogen and oxygen atoms in total. The van der Waals surface area contributed by atoms with Crippen LogP contribution in [-0.4, -0.2) is 37.2 Å². The van der Waals surface area contributed by atoms with Gasteiger partial charge in [-0.25, -0.2) is 4.79 Å². The summed E-state index contributed by atoms with van der Waals surface area (Å²) in [7, 11) is 1.36. The van der Waals surface area contributed by atoms with Gasteiger partial charge >= 0.3 is 5.97 Å². The highest BCUT2D eigenvalue weighted by molar-refractivity contribution is 6.19. The number of amides is 1. The number of rotatable bonds is 1. The molecular weight excluding hydrogens is 286 g/mol. The first kappa shape index (κ1) is 13.2. The van der Waals surface area contributed by atoms with Crippen LogP contribution < -0.4 is 9.47 Å². The van der Waals surface area contributed by atoms with Gasteiger partial charge in [0.1, 0.15) is 0 Å². The predicted octanol–water partition coefficient (Wildman–Crippen LogP) is 1.48. The number of esters is 1. The minimum atomic E-state index is -0.420. The van der Waals surface area contributed by atoms with E-state index >= 15 is 0 Å². The second-order valence-corrected chi connectivity index (χ2v) is 5.47. The molecule has 6 heteroatoms. The van der Waals surface area contributed by atoms with Crippen LogP contribution in [0.1, 0.15) is 24.0 Å². The van der Waals surface area contributed by atoms with Crippen molar-refractivity contribution in [2.24, 2.45) is 0 Å². The third-order valence-electron chi connectivity index (χ3n) is 4.35. The lowest BCUT2D eigenvalue weighted by atomic mass is 9.96. The third kappa shape index (κ3) is 1.80. The summed E-state index contributed by atoms with van der Waals surface area (Å²) in [6, 6.07) is 3.72. The molecule has 3 heterocycles. The highest BCUT2D eigenvalue weighted by Gasteiger charge is 2.35. The Bertz CT molecular complexity index is 721. The van der Waals surface area contributed by atoms with Gasteiger partial charge in [0.25, 0.3) is 0 Å². The van der Waals surface area contributed by atoms with Crippen LogP contribution in [0.3, 0.4) is 0 Å². The molecule has 1 amide bonds. The Morgan fingerprint density at radius 2 is 1.95 bits per heavy atom. The zero-order valence-corrected chi connectivity index (χ0v) is 12.2. The van der Waals surface area contributed by atoms with E-state index in [1.165, 1.54) is 7.11 Å². The van der Waals surface area contributed by atoms with Crippen molar-refractivity contribution in [3.63, 3.8) is 0 Å². The monoisotopic (exact) mass is 301 g/mol. The number of nitrogens with zero attached hydrogens (tertiary/aromatic N) is 1. The lowest BCUT2D eigenvalue weighted by Gasteiger charge is -2.17. The van der Waals surface area contributed by atoms with Crippen LogP contribution in [0, 0.1) is 0 Å². The van der Waals surface area contributed by atoms with Gasteiger partial charge in [0, 0.05) is 18.7 Å². The van der Waals surface area contributed by atoms with Crippen molar-refractivity contribution in [2.75, 3.05) is 20.4 Å². The predicted molar refractivity (Wildman–Crippen MR) is 76.2 cm³/mol. The van der Waals surface area contributed by atoms with E-state index in [-0.39, 0.29) is 12.7 Å². The first-order chi connectivity index (χ1) is 10.7. The summed E-state index contributed by atoms with van der Waals surface area (Å²) in [6.45, 7) is 0.758. The molecule has 0 radical (unpaired) electrons. The van der Waals surface area contributed by atoms with Gasteiger partial charge in [0.15, 0.2) is 11.5 Å². The average molecular weight is 301 g/mol. The minimum absolute atomic E-state index is 0.0595. The van der Waals surface area contributed by atoms with E-state index in [1.54, 1.807) is 4.90 Å². The Kier molecular flexibility index (Phi) is 2.85. The minimum Gasteiger partial charge on any atom is -0.465 e. The average Bonchev–Trinajstić information content (AvgIpc) is 3.07. The van der Waals surface area contributed by atoms with Crippen LogP contribution in [0.4, 0.5) is 0 Å². The smallest absolute Gasteiger partial charge is 0.340 e. The van der Waals surface area contributed by atoms with Gasteiger partial charge < -0.3 is 19.1 Å². The molecule has 3 aliphatic heterocycles. The van der Waals surface area contributed by atoms with Gasteiger partial charge in [0.2, 0.25) is 12.7 Å². The Balaban J connectivity index is 1.94. The molecule has 0 N–H and O–H groups in total. The summed E-state index contributed by atoms with van der Waals surface area (Å²) in [4.78, 5) is 26.1. The number of carbonyl (C=O) groups is 2. The number of carbonyl (C=O) groups excluding carboxylic acids is 2. The van der Waals surface area contributed by atoms with Crippen molar-refractivity contribution in [1.29, 1.82) is 0 Å². The molecule has 114 valence electrons. The van der Waals surface area contributed by atoms with E-state index in [1.807, 2.05) is 12.1 Å². The van der Waals surface area contributed by atoms with Crippen LogP contribution in [0.5, 0.6) is 11.5 Å². The zero-order valence-electron chi connectivity index (χ0n) is 12.2. The number of benzene rings is 1. The fraction of sp³-hybridized carbons (Fsp3) is 0.375. The Hall–Kier alpha value is -2.50. The van der Waals surface area contributed by atoms with Crippen molar-refractivity contribution in [3.05, 3.63) is 29.0 Å². The number of methoxy groups -OCH3 is 1. The molecule has 1 aromatic rings. The maximum atomic E-state index is 12.3. The lowest BCUT2D eigenvalue weighted by molar-refractivity contribution is -0.133. The summed E-state index contributed by atoms with van der Waals surface area (Å²) >= 11 is 0. The van der Waals surface area contributed by atoms with Crippen molar-refractivity contribution in [3.8, 4) is 11.5 Å². The molecule has 0 unspecified atom stereocenters. The van der Waals surface area contributed by atoms with Gasteiger partial charge in [-0.2, -0.15) is 0 Å². The summed E-state index contributed by atoms with van der Waals surface area (Å²) in [5.74, 6) is 0.945. The molecular formula is C16H15NO5. The van der Waals surface area contributed by atoms with Crippen LogP contribution >= 0.6 is 0 Å². The number of allylic oxidation sites excluding steroid dienone is 1. The standard InChI is InChI=1S/C16H15NO5/c1-20-16(19)15-10-7-13-12(21-8-22-13)6-9(10)4-5-17-11(15)2-3-14(17)18/h6-7H,2-5,8H2,1H3. The van der Waals surface area contributed by atoms with E-state index < -0.39 is 5.97 Å². The molecule has 0 atom stereocenters. The first-order valence-corrected chi connectivity index (χ1v) is 7.24. The van der Waals surface area contributed by atoms with E-state index in [2.05, 4.69) is 0 Å². The highest BCUT2D eigenvalue weighted by Crippen LogP contribution is 2.42. The maximum Gasteiger partial charge on any atom is 0.340 e. The Labute approximate surface area is 127 Å². The second kappa shape index (κ2) is 4.76. The van der Waals surface area contributed by atoms with Crippen LogP contribution in [0.2, 0.25) is 0 Å². The molecule has 0 aliphatic carbocycles. The lowest BCUT2D eigenvalue weighted by Crippen LogP contribution is -2.25. The molecule has 0 aromatic heterocycles. The zero-order chi connectivity index (χ0) is 15.3. The topological polar surface area (TPSA) is 65.1 Å². The maximum absolute atomic E-state index is 12.3. The Morgan fingerprint density at radius 3 is 2.73 bits per heavy atom. The number of ether oxygens (including phenoxy) is 3. The molecule has 1 fully saturated rings. The van der Waals surface area contributed by atoms with Gasteiger partial charge in [-0.05, 0) is 36.1 Å². The molecule has 3 aliphatic rings. The molecule has 1 saturated heterocycles. The van der Waals surface area contributed by atoms with Crippen LogP contribution in [-0.2, 0) is 20.7 Å². The van der Waals surface area contributed by atoms with Crippen molar-refractivity contribution < 1.29 is 23.8 Å². The van der Waals surface area contributed by atoms with E-state index in [9.17, 15) is 9.59 Å². The van der Waals surface area contributed by atoms with E-state index in [0.717, 1.165) is 16.8 Å². The summed E-state index contributed by atoms with van der Waals surface area (Å²) in [5, 5.41) is 0. The van der Waals surface area contributed by atoms with Crippen LogP contribution in [0.25, 0.3) is 5.57 Å². The van der Waals surface area contributed by atoms with Crippen molar-refractivity contribution >= 4 is 17.4 Å². The highest BCUT2D eigenvalue weighted by atomic mass is 16.7. The van der Waals surface area contributed by atoms with Crippen molar-refractivity contribution in [2.45, 2.75) is 19.3 Å². The van der Waals surface area contributed by atoms with E-state index in [0.29, 0.717) is 42.9 Å². The fourth-order valence-electron chi connectivity index (χ4n) is 3.31. The summed E-state index contributed by atoms with van der Waals surface area (Å²) < 4.78 is 15.8. The molecule has 1 aromatic carbocycles. The van der Waals surface area contributed by atoms with Gasteiger partial charge in [0.05, 0.1) is 12.7 Å².